The van der Waals surface area contributed by atoms with Gasteiger partial charge >= 0.3 is 6.61 Å². The zero-order valence-electron chi connectivity index (χ0n) is 12.5. The summed E-state index contributed by atoms with van der Waals surface area (Å²) in [4.78, 5) is 16.2. The standard InChI is InChI=1S/C16H11ClF2N2O3S/c17-9-1-6-13-12(7-9)21-16(24-13)25-8-14(22)20-10-2-4-11(5-3-10)23-15(18)19/h1-7,15H,8H2,(H,20,22). The normalized spacial score (nSPS) is 11.0. The molecule has 5 nitrogen and oxygen atoms in total. The van der Waals surface area contributed by atoms with Gasteiger partial charge in [-0.1, -0.05) is 23.4 Å². The SMILES string of the molecule is O=C(CSc1nc2cc(Cl)ccc2o1)Nc1ccc(OC(F)F)cc1. The van der Waals surface area contributed by atoms with Crippen LogP contribution in [0, 0.1) is 0 Å². The van der Waals surface area contributed by atoms with E-state index in [0.717, 1.165) is 11.8 Å². The molecule has 0 radical (unpaired) electrons. The summed E-state index contributed by atoms with van der Waals surface area (Å²) in [6.45, 7) is -2.89. The number of nitrogens with zero attached hydrogens (tertiary/aromatic N) is 1. The Hall–Kier alpha value is -2.32. The predicted molar refractivity (Wildman–Crippen MR) is 91.4 cm³/mol. The highest BCUT2D eigenvalue weighted by molar-refractivity contribution is 7.99. The van der Waals surface area contributed by atoms with Gasteiger partial charge < -0.3 is 14.5 Å². The highest BCUT2D eigenvalue weighted by Crippen LogP contribution is 2.25. The minimum Gasteiger partial charge on any atom is -0.435 e. The number of carbonyl (C=O) groups is 1. The maximum Gasteiger partial charge on any atom is 0.387 e. The van der Waals surface area contributed by atoms with Crippen LogP contribution >= 0.6 is 23.4 Å². The number of hydrogen-bond acceptors (Lipinski definition) is 5. The minimum absolute atomic E-state index is 0.0208. The van der Waals surface area contributed by atoms with E-state index in [1.165, 1.54) is 24.3 Å². The fourth-order valence-corrected chi connectivity index (χ4v) is 2.79. The van der Waals surface area contributed by atoms with E-state index < -0.39 is 6.61 Å². The maximum absolute atomic E-state index is 12.1. The van der Waals surface area contributed by atoms with Crippen molar-refractivity contribution in [2.24, 2.45) is 0 Å². The van der Waals surface area contributed by atoms with Crippen LogP contribution in [0.1, 0.15) is 0 Å². The fraction of sp³-hybridized carbons (Fsp3) is 0.125. The number of fused-ring (bicyclic) bond motifs is 1. The zero-order valence-corrected chi connectivity index (χ0v) is 14.1. The highest BCUT2D eigenvalue weighted by atomic mass is 35.5. The largest absolute Gasteiger partial charge is 0.435 e. The quantitative estimate of drug-likeness (QED) is 0.618. The van der Waals surface area contributed by atoms with Crippen molar-refractivity contribution >= 4 is 46.1 Å². The molecule has 0 fully saturated rings. The molecule has 3 rings (SSSR count). The molecule has 0 aliphatic carbocycles. The molecule has 1 aromatic heterocycles. The molecule has 3 aromatic rings. The van der Waals surface area contributed by atoms with Crippen molar-refractivity contribution in [3.8, 4) is 5.75 Å². The summed E-state index contributed by atoms with van der Waals surface area (Å²) < 4.78 is 33.9. The number of ether oxygens (including phenoxy) is 1. The number of oxazole rings is 1. The Bertz CT molecular complexity index is 887. The van der Waals surface area contributed by atoms with E-state index in [2.05, 4.69) is 15.0 Å². The van der Waals surface area contributed by atoms with Gasteiger partial charge in [-0.25, -0.2) is 4.98 Å². The van der Waals surface area contributed by atoms with Crippen molar-refractivity contribution in [1.82, 2.24) is 4.98 Å². The third-order valence-electron chi connectivity index (χ3n) is 3.02. The Morgan fingerprint density at radius 3 is 2.76 bits per heavy atom. The molecule has 0 aliphatic rings. The van der Waals surface area contributed by atoms with Gasteiger partial charge in [0.1, 0.15) is 11.3 Å². The Kier molecular flexibility index (Phi) is 5.40. The molecule has 25 heavy (non-hydrogen) atoms. The number of hydrogen-bond donors (Lipinski definition) is 1. The Balaban J connectivity index is 1.55. The molecule has 0 spiro atoms. The van der Waals surface area contributed by atoms with Crippen molar-refractivity contribution in [2.75, 3.05) is 11.1 Å². The lowest BCUT2D eigenvalue weighted by molar-refractivity contribution is -0.113. The van der Waals surface area contributed by atoms with Crippen LogP contribution in [0.4, 0.5) is 14.5 Å². The molecule has 0 bridgehead atoms. The third-order valence-corrected chi connectivity index (χ3v) is 4.08. The van der Waals surface area contributed by atoms with Gasteiger partial charge in [0.25, 0.3) is 5.22 Å². The zero-order chi connectivity index (χ0) is 17.8. The lowest BCUT2D eigenvalue weighted by Crippen LogP contribution is -2.14. The second kappa shape index (κ2) is 7.71. The van der Waals surface area contributed by atoms with Gasteiger partial charge in [-0.05, 0) is 42.5 Å². The molecule has 0 saturated heterocycles. The van der Waals surface area contributed by atoms with Crippen LogP contribution in [0.25, 0.3) is 11.1 Å². The van der Waals surface area contributed by atoms with Crippen molar-refractivity contribution in [2.45, 2.75) is 11.8 Å². The molecule has 1 heterocycles. The summed E-state index contributed by atoms with van der Waals surface area (Å²) in [6, 6.07) is 10.7. The second-order valence-corrected chi connectivity index (χ2v) is 6.19. The van der Waals surface area contributed by atoms with E-state index in [-0.39, 0.29) is 17.4 Å². The highest BCUT2D eigenvalue weighted by Gasteiger charge is 2.10. The predicted octanol–water partition coefficient (Wildman–Crippen LogP) is 4.81. The van der Waals surface area contributed by atoms with E-state index in [4.69, 9.17) is 16.0 Å². The molecule has 0 unspecified atom stereocenters. The van der Waals surface area contributed by atoms with Crippen molar-refractivity contribution < 1.29 is 22.7 Å². The maximum atomic E-state index is 12.1. The molecular formula is C16H11ClF2N2O3S. The number of alkyl halides is 2. The first-order valence-electron chi connectivity index (χ1n) is 7.03. The molecule has 2 aromatic carbocycles. The van der Waals surface area contributed by atoms with E-state index in [1.807, 2.05) is 0 Å². The van der Waals surface area contributed by atoms with Gasteiger partial charge in [0.15, 0.2) is 5.58 Å². The van der Waals surface area contributed by atoms with Crippen LogP contribution in [0.15, 0.2) is 52.1 Å². The average Bonchev–Trinajstić information content (AvgIpc) is 2.96. The smallest absolute Gasteiger partial charge is 0.387 e. The molecule has 1 N–H and O–H groups in total. The van der Waals surface area contributed by atoms with Gasteiger partial charge in [-0.2, -0.15) is 8.78 Å². The number of thioether (sulfide) groups is 1. The number of rotatable bonds is 6. The van der Waals surface area contributed by atoms with Gasteiger partial charge in [0, 0.05) is 10.7 Å². The molecule has 9 heteroatoms. The van der Waals surface area contributed by atoms with Crippen LogP contribution in [0.3, 0.4) is 0 Å². The monoisotopic (exact) mass is 384 g/mol. The Morgan fingerprint density at radius 2 is 2.04 bits per heavy atom. The Labute approximate surface area is 150 Å². The summed E-state index contributed by atoms with van der Waals surface area (Å²) >= 11 is 7.02. The van der Waals surface area contributed by atoms with Crippen molar-refractivity contribution in [1.29, 1.82) is 0 Å². The molecule has 0 saturated carbocycles. The molecular weight excluding hydrogens is 374 g/mol. The molecule has 130 valence electrons. The van der Waals surface area contributed by atoms with Crippen LogP contribution < -0.4 is 10.1 Å². The van der Waals surface area contributed by atoms with Gasteiger partial charge in [0.2, 0.25) is 5.91 Å². The average molecular weight is 385 g/mol. The van der Waals surface area contributed by atoms with Crippen LogP contribution in [-0.2, 0) is 4.79 Å². The minimum atomic E-state index is -2.89. The third kappa shape index (κ3) is 4.83. The fourth-order valence-electron chi connectivity index (χ4n) is 1.99. The van der Waals surface area contributed by atoms with E-state index in [1.54, 1.807) is 18.2 Å². The summed E-state index contributed by atoms with van der Waals surface area (Å²) in [5, 5.41) is 3.55. The number of halogens is 3. The van der Waals surface area contributed by atoms with Crippen LogP contribution in [-0.4, -0.2) is 23.3 Å². The van der Waals surface area contributed by atoms with Crippen LogP contribution in [0.5, 0.6) is 5.75 Å². The van der Waals surface area contributed by atoms with E-state index >= 15 is 0 Å². The van der Waals surface area contributed by atoms with Crippen LogP contribution in [0.2, 0.25) is 5.02 Å². The number of anilines is 1. The van der Waals surface area contributed by atoms with Gasteiger partial charge in [0.05, 0.1) is 5.75 Å². The summed E-state index contributed by atoms with van der Waals surface area (Å²) in [6.07, 6.45) is 0. The first-order chi connectivity index (χ1) is 12.0. The first kappa shape index (κ1) is 17.5. The number of aromatic nitrogens is 1. The number of amides is 1. The molecule has 0 atom stereocenters. The summed E-state index contributed by atoms with van der Waals surface area (Å²) in [5.74, 6) is -0.184. The summed E-state index contributed by atoms with van der Waals surface area (Å²) in [5.41, 5.74) is 1.67. The number of benzene rings is 2. The van der Waals surface area contributed by atoms with E-state index in [0.29, 0.717) is 27.0 Å². The van der Waals surface area contributed by atoms with E-state index in [9.17, 15) is 13.6 Å². The Morgan fingerprint density at radius 1 is 1.28 bits per heavy atom. The topological polar surface area (TPSA) is 64.4 Å². The van der Waals surface area contributed by atoms with Crippen molar-refractivity contribution in [3.05, 3.63) is 47.5 Å². The van der Waals surface area contributed by atoms with Gasteiger partial charge in [-0.3, -0.25) is 4.79 Å². The lowest BCUT2D eigenvalue weighted by Gasteiger charge is -2.07. The number of nitrogens with one attached hydrogen (secondary N) is 1. The number of carbonyl (C=O) groups excluding carboxylic acids is 1. The lowest BCUT2D eigenvalue weighted by atomic mass is 10.3. The summed E-state index contributed by atoms with van der Waals surface area (Å²) in [7, 11) is 0. The molecule has 1 amide bonds. The van der Waals surface area contributed by atoms with Crippen molar-refractivity contribution in [3.63, 3.8) is 0 Å². The first-order valence-corrected chi connectivity index (χ1v) is 8.39. The second-order valence-electron chi connectivity index (χ2n) is 4.83. The van der Waals surface area contributed by atoms with Gasteiger partial charge in [-0.15, -0.1) is 0 Å². The molecule has 0 aliphatic heterocycles.